The number of benzene rings is 1. The summed E-state index contributed by atoms with van der Waals surface area (Å²) in [7, 11) is 0. The average Bonchev–Trinajstić information content (AvgIpc) is 2.24. The van der Waals surface area contributed by atoms with Gasteiger partial charge in [-0.05, 0) is 49.6 Å². The summed E-state index contributed by atoms with van der Waals surface area (Å²) in [5, 5.41) is 0. The fourth-order valence-electron chi connectivity index (χ4n) is 2.19. The van der Waals surface area contributed by atoms with Gasteiger partial charge in [-0.25, -0.2) is 4.39 Å². The zero-order valence-corrected chi connectivity index (χ0v) is 11.1. The fourth-order valence-corrected chi connectivity index (χ4v) is 2.93. The molecule has 0 aromatic heterocycles. The van der Waals surface area contributed by atoms with Crippen LogP contribution in [0.2, 0.25) is 0 Å². The molecular weight excluding hydrogens is 269 g/mol. The molecule has 1 aliphatic heterocycles. The van der Waals surface area contributed by atoms with Gasteiger partial charge >= 0.3 is 0 Å². The Labute approximate surface area is 105 Å². The van der Waals surface area contributed by atoms with Crippen molar-refractivity contribution in [2.45, 2.75) is 31.1 Å². The van der Waals surface area contributed by atoms with Crippen LogP contribution < -0.4 is 0 Å². The predicted molar refractivity (Wildman–Crippen MR) is 68.4 cm³/mol. The molecule has 0 N–H and O–H groups in total. The third kappa shape index (κ3) is 3.05. The molecule has 1 atom stereocenters. The van der Waals surface area contributed by atoms with Crippen LogP contribution in [0, 0.1) is 12.7 Å². The number of alkyl halides is 1. The number of nitrogens with zero attached hydrogens (tertiary/aromatic N) is 1. The van der Waals surface area contributed by atoms with E-state index < -0.39 is 0 Å². The van der Waals surface area contributed by atoms with E-state index in [1.54, 1.807) is 6.07 Å². The smallest absolute Gasteiger partial charge is 0.123 e. The van der Waals surface area contributed by atoms with Crippen molar-refractivity contribution in [1.29, 1.82) is 0 Å². The van der Waals surface area contributed by atoms with Crippen molar-refractivity contribution in [3.8, 4) is 0 Å². The van der Waals surface area contributed by atoms with Crippen molar-refractivity contribution in [2.75, 3.05) is 13.1 Å². The summed E-state index contributed by atoms with van der Waals surface area (Å²) in [5.74, 6) is -0.131. The van der Waals surface area contributed by atoms with Gasteiger partial charge in [0.05, 0.1) is 0 Å². The maximum Gasteiger partial charge on any atom is 0.123 e. The third-order valence-electron chi connectivity index (χ3n) is 3.15. The second-order valence-corrected chi connectivity index (χ2v) is 5.84. The maximum absolute atomic E-state index is 13.2. The van der Waals surface area contributed by atoms with E-state index in [1.165, 1.54) is 24.5 Å². The lowest BCUT2D eigenvalue weighted by Crippen LogP contribution is -2.35. The van der Waals surface area contributed by atoms with Gasteiger partial charge < -0.3 is 0 Å². The Hall–Kier alpha value is -0.410. The molecule has 0 spiro atoms. The summed E-state index contributed by atoms with van der Waals surface area (Å²) in [6.45, 7) is 5.10. The van der Waals surface area contributed by atoms with Gasteiger partial charge in [0, 0.05) is 17.9 Å². The molecule has 0 aliphatic carbocycles. The Morgan fingerprint density at radius 3 is 3.06 bits per heavy atom. The molecule has 1 aliphatic rings. The lowest BCUT2D eigenvalue weighted by molar-refractivity contribution is 0.227. The van der Waals surface area contributed by atoms with Crippen LogP contribution in [-0.2, 0) is 6.54 Å². The number of likely N-dealkylation sites (tertiary alicyclic amines) is 1. The summed E-state index contributed by atoms with van der Waals surface area (Å²) in [4.78, 5) is 2.99. The Bertz CT molecular complexity index is 367. The van der Waals surface area contributed by atoms with Gasteiger partial charge in [0.1, 0.15) is 5.82 Å². The zero-order valence-electron chi connectivity index (χ0n) is 9.55. The van der Waals surface area contributed by atoms with Crippen LogP contribution in [0.25, 0.3) is 0 Å². The molecule has 88 valence electrons. The Kier molecular flexibility index (Phi) is 3.98. The van der Waals surface area contributed by atoms with Crippen molar-refractivity contribution in [2.24, 2.45) is 0 Å². The fraction of sp³-hybridized carbons (Fsp3) is 0.538. The first-order valence-corrected chi connectivity index (χ1v) is 6.68. The predicted octanol–water partition coefficient (Wildman–Crippen LogP) is 3.49. The minimum absolute atomic E-state index is 0.131. The average molecular weight is 286 g/mol. The van der Waals surface area contributed by atoms with Crippen LogP contribution in [0.1, 0.15) is 24.0 Å². The number of rotatable bonds is 2. The molecule has 0 amide bonds. The Morgan fingerprint density at radius 2 is 2.31 bits per heavy atom. The lowest BCUT2D eigenvalue weighted by Gasteiger charge is -2.30. The summed E-state index contributed by atoms with van der Waals surface area (Å²) in [5.41, 5.74) is 2.29. The van der Waals surface area contributed by atoms with Gasteiger partial charge in [-0.3, -0.25) is 4.90 Å². The van der Waals surface area contributed by atoms with Crippen LogP contribution in [0.5, 0.6) is 0 Å². The first kappa shape index (κ1) is 12.1. The molecule has 1 nitrogen and oxygen atoms in total. The summed E-state index contributed by atoms with van der Waals surface area (Å²) in [6, 6.07) is 5.05. The van der Waals surface area contributed by atoms with Gasteiger partial charge in [-0.1, -0.05) is 22.0 Å². The van der Waals surface area contributed by atoms with Crippen LogP contribution >= 0.6 is 15.9 Å². The molecule has 1 aromatic carbocycles. The molecule has 2 rings (SSSR count). The van der Waals surface area contributed by atoms with Gasteiger partial charge in [-0.2, -0.15) is 0 Å². The molecule has 0 bridgehead atoms. The normalized spacial score (nSPS) is 22.3. The molecule has 1 aromatic rings. The maximum atomic E-state index is 13.2. The van der Waals surface area contributed by atoms with E-state index >= 15 is 0 Å². The highest BCUT2D eigenvalue weighted by atomic mass is 79.9. The van der Waals surface area contributed by atoms with Crippen LogP contribution in [-0.4, -0.2) is 22.8 Å². The van der Waals surface area contributed by atoms with Crippen LogP contribution in [0.3, 0.4) is 0 Å². The molecular formula is C13H17BrFN. The van der Waals surface area contributed by atoms with Gasteiger partial charge in [-0.15, -0.1) is 0 Å². The molecule has 16 heavy (non-hydrogen) atoms. The first-order valence-electron chi connectivity index (χ1n) is 5.76. The van der Waals surface area contributed by atoms with Crippen molar-refractivity contribution in [3.05, 3.63) is 35.1 Å². The molecule has 0 saturated carbocycles. The topological polar surface area (TPSA) is 3.24 Å². The van der Waals surface area contributed by atoms with Gasteiger partial charge in [0.2, 0.25) is 0 Å². The van der Waals surface area contributed by atoms with E-state index in [0.717, 1.165) is 25.2 Å². The highest BCUT2D eigenvalue weighted by molar-refractivity contribution is 9.09. The van der Waals surface area contributed by atoms with E-state index in [4.69, 9.17) is 0 Å². The summed E-state index contributed by atoms with van der Waals surface area (Å²) >= 11 is 3.66. The van der Waals surface area contributed by atoms with Gasteiger partial charge in [0.15, 0.2) is 0 Å². The molecule has 1 heterocycles. The van der Waals surface area contributed by atoms with Gasteiger partial charge in [0.25, 0.3) is 0 Å². The number of hydrogen-bond acceptors (Lipinski definition) is 1. The summed E-state index contributed by atoms with van der Waals surface area (Å²) in [6.07, 6.45) is 2.48. The second kappa shape index (κ2) is 5.28. The molecule has 1 fully saturated rings. The zero-order chi connectivity index (χ0) is 11.5. The minimum atomic E-state index is -0.131. The van der Waals surface area contributed by atoms with E-state index in [0.29, 0.717) is 4.83 Å². The quantitative estimate of drug-likeness (QED) is 0.752. The highest BCUT2D eigenvalue weighted by Crippen LogP contribution is 2.20. The minimum Gasteiger partial charge on any atom is -0.298 e. The molecule has 1 saturated heterocycles. The number of piperidine rings is 1. The monoisotopic (exact) mass is 285 g/mol. The van der Waals surface area contributed by atoms with Crippen molar-refractivity contribution in [1.82, 2.24) is 4.90 Å². The largest absolute Gasteiger partial charge is 0.298 e. The lowest BCUT2D eigenvalue weighted by atomic mass is 10.1. The number of aryl methyl sites for hydroxylation is 1. The Morgan fingerprint density at radius 1 is 1.50 bits per heavy atom. The SMILES string of the molecule is Cc1ccc(F)cc1CN1CCCC(Br)C1. The third-order valence-corrected chi connectivity index (χ3v) is 3.90. The summed E-state index contributed by atoms with van der Waals surface area (Å²) < 4.78 is 13.2. The molecule has 1 unspecified atom stereocenters. The number of hydrogen-bond donors (Lipinski definition) is 0. The Balaban J connectivity index is 2.05. The number of halogens is 2. The van der Waals surface area contributed by atoms with Crippen molar-refractivity contribution in [3.63, 3.8) is 0 Å². The molecule has 0 radical (unpaired) electrons. The van der Waals surface area contributed by atoms with Crippen LogP contribution in [0.15, 0.2) is 18.2 Å². The van der Waals surface area contributed by atoms with E-state index in [2.05, 4.69) is 20.8 Å². The molecule has 3 heteroatoms. The standard InChI is InChI=1S/C13H17BrFN/c1-10-4-5-13(15)7-11(10)8-16-6-2-3-12(14)9-16/h4-5,7,12H,2-3,6,8-9H2,1H3. The van der Waals surface area contributed by atoms with E-state index in [1.807, 2.05) is 13.0 Å². The van der Waals surface area contributed by atoms with E-state index in [9.17, 15) is 4.39 Å². The first-order chi connectivity index (χ1) is 7.65. The van der Waals surface area contributed by atoms with Crippen molar-refractivity contribution >= 4 is 15.9 Å². The van der Waals surface area contributed by atoms with Crippen LogP contribution in [0.4, 0.5) is 4.39 Å². The second-order valence-electron chi connectivity index (χ2n) is 4.55. The van der Waals surface area contributed by atoms with Crippen molar-refractivity contribution < 1.29 is 4.39 Å². The van der Waals surface area contributed by atoms with E-state index in [-0.39, 0.29) is 5.82 Å². The highest BCUT2D eigenvalue weighted by Gasteiger charge is 2.17.